The molecule has 3 amide bonds. The molecule has 1 atom stereocenters. The lowest BCUT2D eigenvalue weighted by molar-refractivity contribution is -0.126. The van der Waals surface area contributed by atoms with E-state index in [9.17, 15) is 14.4 Å². The number of nitrogens with zero attached hydrogens (tertiary/aromatic N) is 1. The Kier molecular flexibility index (Phi) is 5.92. The van der Waals surface area contributed by atoms with E-state index in [1.54, 1.807) is 54.5 Å². The lowest BCUT2D eigenvalue weighted by Crippen LogP contribution is -2.34. The zero-order valence-corrected chi connectivity index (χ0v) is 17.1. The number of carbonyl (C=O) groups excluding carboxylic acids is 3. The second-order valence-electron chi connectivity index (χ2n) is 7.26. The van der Waals surface area contributed by atoms with E-state index in [-0.39, 0.29) is 43.9 Å². The van der Waals surface area contributed by atoms with Crippen LogP contribution in [0.1, 0.15) is 12.8 Å². The first kappa shape index (κ1) is 20.5. The van der Waals surface area contributed by atoms with Gasteiger partial charge in [0.05, 0.1) is 13.0 Å². The number of carbonyl (C=O) groups is 3. The molecule has 2 N–H and O–H groups in total. The molecule has 2 aromatic rings. The van der Waals surface area contributed by atoms with Gasteiger partial charge in [-0.25, -0.2) is 0 Å². The molecule has 2 aliphatic rings. The summed E-state index contributed by atoms with van der Waals surface area (Å²) in [6.07, 6.45) is 0.254. The summed E-state index contributed by atoms with van der Waals surface area (Å²) >= 11 is 0. The van der Waals surface area contributed by atoms with Crippen LogP contribution in [0.25, 0.3) is 0 Å². The molecule has 0 aromatic heterocycles. The second kappa shape index (κ2) is 8.95. The minimum Gasteiger partial charge on any atom is -0.497 e. The highest BCUT2D eigenvalue weighted by molar-refractivity contribution is 6.00. The molecule has 9 heteroatoms. The lowest BCUT2D eigenvalue weighted by Gasteiger charge is -2.17. The Morgan fingerprint density at radius 3 is 2.68 bits per heavy atom. The zero-order chi connectivity index (χ0) is 21.8. The van der Waals surface area contributed by atoms with Crippen molar-refractivity contribution in [1.29, 1.82) is 0 Å². The van der Waals surface area contributed by atoms with Crippen LogP contribution in [-0.2, 0) is 14.4 Å². The van der Waals surface area contributed by atoms with Crippen LogP contribution in [0.4, 0.5) is 11.4 Å². The highest BCUT2D eigenvalue weighted by atomic mass is 16.7. The Labute approximate surface area is 179 Å². The zero-order valence-electron chi connectivity index (χ0n) is 17.1. The smallest absolute Gasteiger partial charge is 0.231 e. The molecular weight excluding hydrogens is 402 g/mol. The molecule has 0 saturated carbocycles. The SMILES string of the molecule is COc1ccc(N2CC(C(=O)NCCC(=O)Nc3ccc4c(c3)OCO4)CC2=O)cc1. The number of rotatable bonds is 7. The normalized spacial score (nSPS) is 16.9. The highest BCUT2D eigenvalue weighted by Crippen LogP contribution is 2.34. The fourth-order valence-electron chi connectivity index (χ4n) is 3.54. The van der Waals surface area contributed by atoms with Gasteiger partial charge in [0.2, 0.25) is 24.5 Å². The number of benzene rings is 2. The molecular formula is C22H23N3O6. The van der Waals surface area contributed by atoms with Crippen LogP contribution in [0.15, 0.2) is 42.5 Å². The van der Waals surface area contributed by atoms with Gasteiger partial charge in [-0.15, -0.1) is 0 Å². The molecule has 1 fully saturated rings. The highest BCUT2D eigenvalue weighted by Gasteiger charge is 2.35. The third kappa shape index (κ3) is 4.71. The van der Waals surface area contributed by atoms with Crippen molar-refractivity contribution in [2.75, 3.05) is 37.2 Å². The maximum Gasteiger partial charge on any atom is 0.231 e. The molecule has 1 unspecified atom stereocenters. The molecule has 0 bridgehead atoms. The Morgan fingerprint density at radius 1 is 1.13 bits per heavy atom. The molecule has 162 valence electrons. The van der Waals surface area contributed by atoms with Crippen molar-refractivity contribution < 1.29 is 28.6 Å². The molecule has 4 rings (SSSR count). The minimum absolute atomic E-state index is 0.106. The number of hydrogen-bond acceptors (Lipinski definition) is 6. The lowest BCUT2D eigenvalue weighted by atomic mass is 10.1. The van der Waals surface area contributed by atoms with Crippen molar-refractivity contribution >= 4 is 29.1 Å². The van der Waals surface area contributed by atoms with Crippen molar-refractivity contribution in [2.24, 2.45) is 5.92 Å². The standard InChI is InChI=1S/C22H23N3O6/c1-29-17-5-3-16(4-6-17)25-12-14(10-21(25)27)22(28)23-9-8-20(26)24-15-2-7-18-19(11-15)31-13-30-18/h2-7,11,14H,8-10,12-13H2,1H3,(H,23,28)(H,24,26). The van der Waals surface area contributed by atoms with Crippen LogP contribution in [0, 0.1) is 5.92 Å². The van der Waals surface area contributed by atoms with Gasteiger partial charge in [0.1, 0.15) is 5.75 Å². The largest absolute Gasteiger partial charge is 0.497 e. The summed E-state index contributed by atoms with van der Waals surface area (Å²) in [5, 5.41) is 5.51. The third-order valence-electron chi connectivity index (χ3n) is 5.19. The molecule has 0 spiro atoms. The van der Waals surface area contributed by atoms with Crippen LogP contribution >= 0.6 is 0 Å². The Balaban J connectivity index is 1.23. The van der Waals surface area contributed by atoms with E-state index in [4.69, 9.17) is 14.2 Å². The summed E-state index contributed by atoms with van der Waals surface area (Å²) in [6.45, 7) is 0.654. The van der Waals surface area contributed by atoms with E-state index in [1.807, 2.05) is 0 Å². The number of fused-ring (bicyclic) bond motifs is 1. The van der Waals surface area contributed by atoms with Gasteiger partial charge < -0.3 is 29.7 Å². The quantitative estimate of drug-likeness (QED) is 0.702. The molecule has 0 aliphatic carbocycles. The fourth-order valence-corrected chi connectivity index (χ4v) is 3.54. The van der Waals surface area contributed by atoms with Crippen LogP contribution in [0.3, 0.4) is 0 Å². The van der Waals surface area contributed by atoms with Gasteiger partial charge in [-0.1, -0.05) is 0 Å². The van der Waals surface area contributed by atoms with Crippen LogP contribution < -0.4 is 29.7 Å². The first-order valence-electron chi connectivity index (χ1n) is 9.95. The summed E-state index contributed by atoms with van der Waals surface area (Å²) in [5.41, 5.74) is 1.32. The van der Waals surface area contributed by atoms with Crippen molar-refractivity contribution in [2.45, 2.75) is 12.8 Å². The Hall–Kier alpha value is -3.75. The van der Waals surface area contributed by atoms with Gasteiger partial charge >= 0.3 is 0 Å². The van der Waals surface area contributed by atoms with Crippen molar-refractivity contribution in [3.8, 4) is 17.2 Å². The summed E-state index contributed by atoms with van der Waals surface area (Å²) in [7, 11) is 1.58. The summed E-state index contributed by atoms with van der Waals surface area (Å²) < 4.78 is 15.6. The van der Waals surface area contributed by atoms with Crippen LogP contribution in [-0.4, -0.2) is 44.7 Å². The van der Waals surface area contributed by atoms with E-state index in [1.165, 1.54) is 0 Å². The molecule has 1 saturated heterocycles. The van der Waals surface area contributed by atoms with Crippen molar-refractivity contribution in [1.82, 2.24) is 5.32 Å². The fraction of sp³-hybridized carbons (Fsp3) is 0.318. The minimum atomic E-state index is -0.452. The number of nitrogens with one attached hydrogen (secondary N) is 2. The number of ether oxygens (including phenoxy) is 3. The van der Waals surface area contributed by atoms with E-state index in [0.717, 1.165) is 5.69 Å². The van der Waals surface area contributed by atoms with E-state index in [0.29, 0.717) is 29.5 Å². The average molecular weight is 425 g/mol. The Morgan fingerprint density at radius 2 is 1.90 bits per heavy atom. The maximum atomic E-state index is 12.5. The number of hydrogen-bond donors (Lipinski definition) is 2. The molecule has 0 radical (unpaired) electrons. The Bertz CT molecular complexity index is 991. The first-order chi connectivity index (χ1) is 15.0. The summed E-state index contributed by atoms with van der Waals surface area (Å²) in [4.78, 5) is 38.5. The van der Waals surface area contributed by atoms with E-state index < -0.39 is 5.92 Å². The number of amides is 3. The monoisotopic (exact) mass is 425 g/mol. The van der Waals surface area contributed by atoms with Gasteiger partial charge in [0.25, 0.3) is 0 Å². The van der Waals surface area contributed by atoms with Crippen LogP contribution in [0.2, 0.25) is 0 Å². The first-order valence-corrected chi connectivity index (χ1v) is 9.95. The van der Waals surface area contributed by atoms with Gasteiger partial charge in [0.15, 0.2) is 11.5 Å². The molecule has 2 aromatic carbocycles. The van der Waals surface area contributed by atoms with E-state index >= 15 is 0 Å². The topological polar surface area (TPSA) is 106 Å². The molecule has 31 heavy (non-hydrogen) atoms. The maximum absolute atomic E-state index is 12.5. The summed E-state index contributed by atoms with van der Waals surface area (Å²) in [6, 6.07) is 12.3. The predicted octanol–water partition coefficient (Wildman–Crippen LogP) is 1.92. The van der Waals surface area contributed by atoms with Gasteiger partial charge in [-0.05, 0) is 36.4 Å². The summed E-state index contributed by atoms with van der Waals surface area (Å²) in [5.74, 6) is 0.890. The van der Waals surface area contributed by atoms with Crippen LogP contribution in [0.5, 0.6) is 17.2 Å². The van der Waals surface area contributed by atoms with E-state index in [2.05, 4.69) is 10.6 Å². The van der Waals surface area contributed by atoms with Gasteiger partial charge in [-0.2, -0.15) is 0 Å². The van der Waals surface area contributed by atoms with Crippen molar-refractivity contribution in [3.63, 3.8) is 0 Å². The third-order valence-corrected chi connectivity index (χ3v) is 5.19. The molecule has 9 nitrogen and oxygen atoms in total. The predicted molar refractivity (Wildman–Crippen MR) is 112 cm³/mol. The van der Waals surface area contributed by atoms with Gasteiger partial charge in [0, 0.05) is 43.4 Å². The molecule has 2 heterocycles. The second-order valence-corrected chi connectivity index (χ2v) is 7.26. The number of anilines is 2. The van der Waals surface area contributed by atoms with Gasteiger partial charge in [-0.3, -0.25) is 14.4 Å². The average Bonchev–Trinajstić information content (AvgIpc) is 3.40. The molecule has 2 aliphatic heterocycles. The van der Waals surface area contributed by atoms with Crippen molar-refractivity contribution in [3.05, 3.63) is 42.5 Å². The number of methoxy groups -OCH3 is 1.